The number of amides is 1. The minimum absolute atomic E-state index is 0.116. The molecule has 138 valence electrons. The van der Waals surface area contributed by atoms with Gasteiger partial charge in [0.2, 0.25) is 5.91 Å². The second kappa shape index (κ2) is 8.19. The number of likely N-dealkylation sites (tertiary alicyclic amines) is 1. The Bertz CT molecular complexity index is 563. The highest BCUT2D eigenvalue weighted by molar-refractivity contribution is 5.76. The predicted molar refractivity (Wildman–Crippen MR) is 97.8 cm³/mol. The Kier molecular flexibility index (Phi) is 5.97. The molecule has 0 bridgehead atoms. The fraction of sp³-hybridized carbons (Fsp3) is 0.650. The molecule has 0 radical (unpaired) electrons. The van der Waals surface area contributed by atoms with Crippen LogP contribution in [0.25, 0.3) is 0 Å². The number of nitrogens with zero attached hydrogens (tertiary/aromatic N) is 2. The van der Waals surface area contributed by atoms with Gasteiger partial charge in [0.15, 0.2) is 0 Å². The number of carbonyl (C=O) groups is 1. The van der Waals surface area contributed by atoms with Gasteiger partial charge >= 0.3 is 0 Å². The molecule has 0 saturated carbocycles. The molecule has 2 aliphatic heterocycles. The third kappa shape index (κ3) is 4.95. The van der Waals surface area contributed by atoms with Crippen LogP contribution in [0.3, 0.4) is 0 Å². The quantitative estimate of drug-likeness (QED) is 0.794. The van der Waals surface area contributed by atoms with Crippen molar-refractivity contribution < 1.29 is 14.3 Å². The number of carbonyl (C=O) groups excluding carboxylic acids is 1. The summed E-state index contributed by atoms with van der Waals surface area (Å²) in [5.41, 5.74) is -0.116. The molecular weight excluding hydrogens is 316 g/mol. The summed E-state index contributed by atoms with van der Waals surface area (Å²) < 4.78 is 12.1. The maximum absolute atomic E-state index is 12.5. The Labute approximate surface area is 150 Å². The summed E-state index contributed by atoms with van der Waals surface area (Å²) in [5, 5.41) is 0. The SMILES string of the molecule is CN(C)C[C@H]1CCC[C@]2(CCN(C(=O)CCOc3ccccc3)C2)O1. The molecule has 0 aliphatic carbocycles. The van der Waals surface area contributed by atoms with Crippen LogP contribution >= 0.6 is 0 Å². The third-order valence-corrected chi connectivity index (χ3v) is 5.14. The van der Waals surface area contributed by atoms with Gasteiger partial charge in [0.05, 0.1) is 24.7 Å². The Morgan fingerprint density at radius 3 is 2.88 bits per heavy atom. The van der Waals surface area contributed by atoms with Gasteiger partial charge in [-0.05, 0) is 51.9 Å². The smallest absolute Gasteiger partial charge is 0.226 e. The van der Waals surface area contributed by atoms with Gasteiger partial charge in [-0.2, -0.15) is 0 Å². The summed E-state index contributed by atoms with van der Waals surface area (Å²) in [6.45, 7) is 2.93. The van der Waals surface area contributed by atoms with Gasteiger partial charge in [0.25, 0.3) is 0 Å². The first kappa shape index (κ1) is 18.2. The Hall–Kier alpha value is -1.59. The number of rotatable bonds is 6. The van der Waals surface area contributed by atoms with Crippen LogP contribution in [-0.2, 0) is 9.53 Å². The van der Waals surface area contributed by atoms with Crippen molar-refractivity contribution in [2.24, 2.45) is 0 Å². The Morgan fingerprint density at radius 2 is 2.12 bits per heavy atom. The molecule has 5 nitrogen and oxygen atoms in total. The van der Waals surface area contributed by atoms with Crippen molar-refractivity contribution in [1.29, 1.82) is 0 Å². The van der Waals surface area contributed by atoms with E-state index in [0.29, 0.717) is 19.1 Å². The van der Waals surface area contributed by atoms with E-state index >= 15 is 0 Å². The zero-order chi connectivity index (χ0) is 17.7. The zero-order valence-electron chi connectivity index (χ0n) is 15.4. The van der Waals surface area contributed by atoms with Crippen LogP contribution in [0, 0.1) is 0 Å². The molecule has 2 aliphatic rings. The van der Waals surface area contributed by atoms with E-state index in [1.165, 1.54) is 6.42 Å². The predicted octanol–water partition coefficient (Wildman–Crippen LogP) is 2.56. The first-order valence-corrected chi connectivity index (χ1v) is 9.34. The van der Waals surface area contributed by atoms with Gasteiger partial charge < -0.3 is 19.3 Å². The van der Waals surface area contributed by atoms with Gasteiger partial charge in [-0.1, -0.05) is 18.2 Å². The van der Waals surface area contributed by atoms with Crippen LogP contribution in [0.2, 0.25) is 0 Å². The summed E-state index contributed by atoms with van der Waals surface area (Å²) in [7, 11) is 4.17. The van der Waals surface area contributed by atoms with Gasteiger partial charge in [-0.3, -0.25) is 4.79 Å². The van der Waals surface area contributed by atoms with Crippen LogP contribution in [0.4, 0.5) is 0 Å². The monoisotopic (exact) mass is 346 g/mol. The molecule has 5 heteroatoms. The maximum Gasteiger partial charge on any atom is 0.226 e. The van der Waals surface area contributed by atoms with Gasteiger partial charge in [0.1, 0.15) is 5.75 Å². The van der Waals surface area contributed by atoms with E-state index in [-0.39, 0.29) is 11.5 Å². The fourth-order valence-corrected chi connectivity index (χ4v) is 3.95. The molecule has 2 saturated heterocycles. The lowest BCUT2D eigenvalue weighted by Crippen LogP contribution is -2.46. The molecule has 1 amide bonds. The van der Waals surface area contributed by atoms with Gasteiger partial charge in [-0.25, -0.2) is 0 Å². The summed E-state index contributed by atoms with van der Waals surface area (Å²) in [5.74, 6) is 0.987. The van der Waals surface area contributed by atoms with Gasteiger partial charge in [0, 0.05) is 19.6 Å². The lowest BCUT2D eigenvalue weighted by molar-refractivity contribution is -0.140. The summed E-state index contributed by atoms with van der Waals surface area (Å²) in [4.78, 5) is 16.7. The fourth-order valence-electron chi connectivity index (χ4n) is 3.95. The van der Waals surface area contributed by atoms with E-state index in [9.17, 15) is 4.79 Å². The third-order valence-electron chi connectivity index (χ3n) is 5.14. The second-order valence-electron chi connectivity index (χ2n) is 7.55. The van der Waals surface area contributed by atoms with E-state index in [2.05, 4.69) is 19.0 Å². The molecule has 0 N–H and O–H groups in total. The van der Waals surface area contributed by atoms with Crippen LogP contribution in [-0.4, -0.2) is 67.7 Å². The molecule has 1 aromatic carbocycles. The van der Waals surface area contributed by atoms with Crippen molar-refractivity contribution >= 4 is 5.91 Å². The average molecular weight is 346 g/mol. The van der Waals surface area contributed by atoms with Crippen molar-refractivity contribution in [1.82, 2.24) is 9.80 Å². The maximum atomic E-state index is 12.5. The van der Waals surface area contributed by atoms with E-state index < -0.39 is 0 Å². The molecule has 3 rings (SSSR count). The second-order valence-corrected chi connectivity index (χ2v) is 7.55. The van der Waals surface area contributed by atoms with Crippen molar-refractivity contribution in [2.45, 2.75) is 43.8 Å². The molecule has 1 aromatic rings. The highest BCUT2D eigenvalue weighted by atomic mass is 16.5. The minimum atomic E-state index is -0.116. The van der Waals surface area contributed by atoms with Crippen LogP contribution in [0.15, 0.2) is 30.3 Å². The topological polar surface area (TPSA) is 42.0 Å². The molecule has 25 heavy (non-hydrogen) atoms. The van der Waals surface area contributed by atoms with Crippen molar-refractivity contribution in [2.75, 3.05) is 40.3 Å². The first-order valence-electron chi connectivity index (χ1n) is 9.34. The van der Waals surface area contributed by atoms with E-state index in [4.69, 9.17) is 9.47 Å². The molecule has 2 fully saturated rings. The summed E-state index contributed by atoms with van der Waals surface area (Å²) >= 11 is 0. The normalized spacial score (nSPS) is 26.4. The van der Waals surface area contributed by atoms with E-state index in [0.717, 1.165) is 44.6 Å². The average Bonchev–Trinajstić information content (AvgIpc) is 2.98. The number of hydrogen-bond acceptors (Lipinski definition) is 4. The Morgan fingerprint density at radius 1 is 1.32 bits per heavy atom. The zero-order valence-corrected chi connectivity index (χ0v) is 15.4. The Balaban J connectivity index is 1.46. The van der Waals surface area contributed by atoms with E-state index in [1.807, 2.05) is 35.2 Å². The van der Waals surface area contributed by atoms with E-state index in [1.54, 1.807) is 0 Å². The van der Waals surface area contributed by atoms with Crippen molar-refractivity contribution in [3.05, 3.63) is 30.3 Å². The van der Waals surface area contributed by atoms with Crippen LogP contribution < -0.4 is 4.74 Å². The summed E-state index contributed by atoms with van der Waals surface area (Å²) in [6.07, 6.45) is 5.06. The number of ether oxygens (including phenoxy) is 2. The molecule has 1 spiro atoms. The number of benzene rings is 1. The van der Waals surface area contributed by atoms with Crippen molar-refractivity contribution in [3.8, 4) is 5.75 Å². The molecule has 2 heterocycles. The molecular formula is C20H30N2O3. The first-order chi connectivity index (χ1) is 12.1. The lowest BCUT2D eigenvalue weighted by atomic mass is 9.90. The minimum Gasteiger partial charge on any atom is -0.493 e. The number of likely N-dealkylation sites (N-methyl/N-ethyl adjacent to an activating group) is 1. The van der Waals surface area contributed by atoms with Crippen LogP contribution in [0.5, 0.6) is 5.75 Å². The lowest BCUT2D eigenvalue weighted by Gasteiger charge is -2.39. The summed E-state index contributed by atoms with van der Waals surface area (Å²) in [6, 6.07) is 9.65. The molecule has 0 aromatic heterocycles. The number of para-hydroxylation sites is 1. The van der Waals surface area contributed by atoms with Gasteiger partial charge in [-0.15, -0.1) is 0 Å². The van der Waals surface area contributed by atoms with Crippen molar-refractivity contribution in [3.63, 3.8) is 0 Å². The highest BCUT2D eigenvalue weighted by Crippen LogP contribution is 2.37. The standard InChI is InChI=1S/C20H30N2O3/c1-21(2)15-18-9-6-11-20(25-18)12-13-22(16-20)19(23)10-14-24-17-7-4-3-5-8-17/h3-5,7-8,18H,6,9-16H2,1-2H3/t18-,20-/m1/s1. The molecule has 0 unspecified atom stereocenters. The largest absolute Gasteiger partial charge is 0.493 e. The van der Waals surface area contributed by atoms with Crippen LogP contribution in [0.1, 0.15) is 32.1 Å². The molecule has 2 atom stereocenters. The highest BCUT2D eigenvalue weighted by Gasteiger charge is 2.44. The number of hydrogen-bond donors (Lipinski definition) is 0.